The number of carbonyl (C=O) groups is 2. The van der Waals surface area contributed by atoms with Crippen molar-refractivity contribution in [2.45, 2.75) is 17.1 Å². The van der Waals surface area contributed by atoms with Gasteiger partial charge in [-0.15, -0.1) is 11.8 Å². The largest absolute Gasteiger partial charge is 0.324 e. The van der Waals surface area contributed by atoms with Gasteiger partial charge in [-0.2, -0.15) is 0 Å². The fraction of sp³-hybridized carbons (Fsp3) is 0.200. The van der Waals surface area contributed by atoms with Gasteiger partial charge in [-0.1, -0.05) is 0 Å². The Morgan fingerprint density at radius 2 is 2.29 bits per heavy atom. The summed E-state index contributed by atoms with van der Waals surface area (Å²) in [6, 6.07) is 5.25. The molecule has 0 bridgehead atoms. The van der Waals surface area contributed by atoms with Gasteiger partial charge in [-0.3, -0.25) is 9.59 Å². The highest BCUT2D eigenvalue weighted by molar-refractivity contribution is 8.00. The molecule has 1 aromatic rings. The van der Waals surface area contributed by atoms with Gasteiger partial charge in [0.05, 0.1) is 10.9 Å². The number of carbonyl (C=O) groups excluding carboxylic acids is 2. The maximum atomic E-state index is 11.3. The Balaban J connectivity index is 2.42. The van der Waals surface area contributed by atoms with Crippen LogP contribution in [0.3, 0.4) is 0 Å². The molecule has 0 aromatic heterocycles. The Bertz CT molecular complexity index is 403. The number of fused-ring (bicyclic) bond motifs is 1. The van der Waals surface area contributed by atoms with E-state index in [9.17, 15) is 9.59 Å². The Morgan fingerprint density at radius 1 is 1.50 bits per heavy atom. The van der Waals surface area contributed by atoms with Gasteiger partial charge in [0.2, 0.25) is 5.91 Å². The van der Waals surface area contributed by atoms with E-state index in [0.717, 1.165) is 16.9 Å². The Hall–Kier alpha value is -1.29. The normalized spacial score (nSPS) is 19.8. The zero-order valence-electron chi connectivity index (χ0n) is 7.61. The van der Waals surface area contributed by atoms with E-state index in [0.29, 0.717) is 5.56 Å². The second-order valence-electron chi connectivity index (χ2n) is 3.12. The van der Waals surface area contributed by atoms with Gasteiger partial charge in [0.15, 0.2) is 0 Å². The van der Waals surface area contributed by atoms with Crippen LogP contribution in [0.1, 0.15) is 17.3 Å². The maximum Gasteiger partial charge on any atom is 0.237 e. The highest BCUT2D eigenvalue weighted by Gasteiger charge is 2.22. The predicted octanol–water partition coefficient (Wildman–Crippen LogP) is 1.93. The minimum Gasteiger partial charge on any atom is -0.324 e. The van der Waals surface area contributed by atoms with Gasteiger partial charge in [0.25, 0.3) is 0 Å². The van der Waals surface area contributed by atoms with Crippen LogP contribution in [0.5, 0.6) is 0 Å². The van der Waals surface area contributed by atoms with Gasteiger partial charge in [-0.05, 0) is 25.1 Å². The number of thioether (sulfide) groups is 1. The molecule has 1 heterocycles. The van der Waals surface area contributed by atoms with E-state index in [-0.39, 0.29) is 11.2 Å². The monoisotopic (exact) mass is 207 g/mol. The first-order chi connectivity index (χ1) is 6.70. The van der Waals surface area contributed by atoms with Crippen LogP contribution in [-0.2, 0) is 4.79 Å². The number of nitrogens with one attached hydrogen (secondary N) is 1. The summed E-state index contributed by atoms with van der Waals surface area (Å²) in [5.74, 6) is 0.0151. The lowest BCUT2D eigenvalue weighted by Crippen LogP contribution is -2.26. The number of benzene rings is 1. The van der Waals surface area contributed by atoms with E-state index >= 15 is 0 Å². The minimum atomic E-state index is -0.0931. The highest BCUT2D eigenvalue weighted by atomic mass is 32.2. The van der Waals surface area contributed by atoms with E-state index in [1.165, 1.54) is 11.8 Å². The van der Waals surface area contributed by atoms with Crippen LogP contribution in [0.2, 0.25) is 0 Å². The van der Waals surface area contributed by atoms with Crippen LogP contribution in [0.15, 0.2) is 23.1 Å². The molecule has 1 aliphatic rings. The molecule has 1 aromatic carbocycles. The maximum absolute atomic E-state index is 11.3. The zero-order valence-corrected chi connectivity index (χ0v) is 8.43. The molecule has 72 valence electrons. The summed E-state index contributed by atoms with van der Waals surface area (Å²) >= 11 is 1.48. The van der Waals surface area contributed by atoms with E-state index in [1.807, 2.05) is 6.92 Å². The van der Waals surface area contributed by atoms with E-state index in [2.05, 4.69) is 5.32 Å². The lowest BCUT2D eigenvalue weighted by Gasteiger charge is -2.21. The third kappa shape index (κ3) is 1.53. The van der Waals surface area contributed by atoms with E-state index in [4.69, 9.17) is 0 Å². The lowest BCUT2D eigenvalue weighted by atomic mass is 10.2. The Labute approximate surface area is 85.9 Å². The second-order valence-corrected chi connectivity index (χ2v) is 4.51. The predicted molar refractivity (Wildman–Crippen MR) is 55.8 cm³/mol. The molecule has 2 rings (SSSR count). The van der Waals surface area contributed by atoms with Gasteiger partial charge in [-0.25, -0.2) is 0 Å². The summed E-state index contributed by atoms with van der Waals surface area (Å²) in [5, 5.41) is 2.69. The van der Waals surface area contributed by atoms with E-state index in [1.54, 1.807) is 18.2 Å². The zero-order chi connectivity index (χ0) is 10.1. The van der Waals surface area contributed by atoms with Crippen LogP contribution in [0, 0.1) is 0 Å². The number of aldehydes is 1. The van der Waals surface area contributed by atoms with Crippen LogP contribution < -0.4 is 5.32 Å². The first-order valence-corrected chi connectivity index (χ1v) is 5.15. The summed E-state index contributed by atoms with van der Waals surface area (Å²) in [4.78, 5) is 22.8. The summed E-state index contributed by atoms with van der Waals surface area (Å²) in [7, 11) is 0. The standard InChI is InChI=1S/C10H9NO2S/c1-6-10(13)11-8-3-2-7(5-12)4-9(8)14-6/h2-6H,1H3,(H,11,13). The number of anilines is 1. The number of amides is 1. The van der Waals surface area contributed by atoms with Gasteiger partial charge in [0.1, 0.15) is 6.29 Å². The van der Waals surface area contributed by atoms with Crippen molar-refractivity contribution in [2.24, 2.45) is 0 Å². The van der Waals surface area contributed by atoms with E-state index < -0.39 is 0 Å². The molecule has 1 amide bonds. The molecule has 0 saturated heterocycles. The molecule has 1 atom stereocenters. The fourth-order valence-electron chi connectivity index (χ4n) is 1.29. The van der Waals surface area contributed by atoms with Crippen molar-refractivity contribution in [1.82, 2.24) is 0 Å². The van der Waals surface area contributed by atoms with Gasteiger partial charge < -0.3 is 5.32 Å². The van der Waals surface area contributed by atoms with Crippen LogP contribution in [-0.4, -0.2) is 17.4 Å². The molecule has 0 radical (unpaired) electrons. The van der Waals surface area contributed by atoms with Gasteiger partial charge >= 0.3 is 0 Å². The third-order valence-electron chi connectivity index (χ3n) is 2.07. The summed E-state index contributed by atoms with van der Waals surface area (Å²) in [5.41, 5.74) is 1.43. The first kappa shape index (κ1) is 9.27. The molecule has 4 heteroatoms. The SMILES string of the molecule is CC1Sc2cc(C=O)ccc2NC1=O. The lowest BCUT2D eigenvalue weighted by molar-refractivity contribution is -0.115. The van der Waals surface area contributed by atoms with Crippen molar-refractivity contribution in [3.8, 4) is 0 Å². The quantitative estimate of drug-likeness (QED) is 0.716. The summed E-state index contributed by atoms with van der Waals surface area (Å²) in [6.07, 6.45) is 0.807. The fourth-order valence-corrected chi connectivity index (χ4v) is 2.29. The molecule has 0 fully saturated rings. The van der Waals surface area contributed by atoms with Gasteiger partial charge in [0, 0.05) is 10.5 Å². The molecule has 0 saturated carbocycles. The molecule has 0 spiro atoms. The molecular weight excluding hydrogens is 198 g/mol. The molecule has 1 aliphatic heterocycles. The third-order valence-corrected chi connectivity index (χ3v) is 3.23. The smallest absolute Gasteiger partial charge is 0.237 e. The van der Waals surface area contributed by atoms with Crippen molar-refractivity contribution in [3.63, 3.8) is 0 Å². The number of hydrogen-bond acceptors (Lipinski definition) is 3. The number of rotatable bonds is 1. The van der Waals surface area contributed by atoms with Crippen LogP contribution >= 0.6 is 11.8 Å². The topological polar surface area (TPSA) is 46.2 Å². The van der Waals surface area contributed by atoms with Crippen LogP contribution in [0.25, 0.3) is 0 Å². The Morgan fingerprint density at radius 3 is 3.00 bits per heavy atom. The second kappa shape index (κ2) is 3.46. The summed E-state index contributed by atoms with van der Waals surface area (Å²) in [6.45, 7) is 1.84. The van der Waals surface area contributed by atoms with Crippen molar-refractivity contribution >= 4 is 29.6 Å². The highest BCUT2D eigenvalue weighted by Crippen LogP contribution is 2.35. The molecule has 0 aliphatic carbocycles. The molecule has 1 N–H and O–H groups in total. The molecule has 14 heavy (non-hydrogen) atoms. The van der Waals surface area contributed by atoms with Crippen LogP contribution in [0.4, 0.5) is 5.69 Å². The summed E-state index contributed by atoms with van der Waals surface area (Å²) < 4.78 is 0. The molecular formula is C10H9NO2S. The van der Waals surface area contributed by atoms with Crippen molar-refractivity contribution < 1.29 is 9.59 Å². The molecule has 1 unspecified atom stereocenters. The average Bonchev–Trinajstić information content (AvgIpc) is 2.19. The average molecular weight is 207 g/mol. The minimum absolute atomic E-state index is 0.0151. The van der Waals surface area contributed by atoms with Crippen molar-refractivity contribution in [1.29, 1.82) is 0 Å². The first-order valence-electron chi connectivity index (χ1n) is 4.27. The Kier molecular flexibility index (Phi) is 2.29. The molecule has 3 nitrogen and oxygen atoms in total. The van der Waals surface area contributed by atoms with Crippen molar-refractivity contribution in [3.05, 3.63) is 23.8 Å². The van der Waals surface area contributed by atoms with Crippen molar-refractivity contribution in [2.75, 3.05) is 5.32 Å². The number of hydrogen-bond donors (Lipinski definition) is 1.